The highest BCUT2D eigenvalue weighted by Gasteiger charge is 2.22. The van der Waals surface area contributed by atoms with Crippen molar-refractivity contribution in [3.8, 4) is 44.5 Å². The van der Waals surface area contributed by atoms with Gasteiger partial charge in [0.15, 0.2) is 0 Å². The van der Waals surface area contributed by atoms with E-state index in [4.69, 9.17) is 0 Å². The van der Waals surface area contributed by atoms with Gasteiger partial charge in [-0.15, -0.1) is 11.3 Å². The lowest BCUT2D eigenvalue weighted by Crippen LogP contribution is -2.12. The highest BCUT2D eigenvalue weighted by atomic mass is 32.1. The zero-order chi connectivity index (χ0) is 35.8. The van der Waals surface area contributed by atoms with E-state index in [1.807, 2.05) is 11.3 Å². The van der Waals surface area contributed by atoms with Gasteiger partial charge in [0.2, 0.25) is 0 Å². The van der Waals surface area contributed by atoms with E-state index in [1.165, 1.54) is 75.5 Å². The molecule has 2 heteroatoms. The highest BCUT2D eigenvalue weighted by Crippen LogP contribution is 2.48. The molecule has 0 radical (unpaired) electrons. The van der Waals surface area contributed by atoms with E-state index in [9.17, 15) is 0 Å². The Morgan fingerprint density at radius 2 is 0.796 bits per heavy atom. The van der Waals surface area contributed by atoms with Gasteiger partial charge < -0.3 is 4.90 Å². The van der Waals surface area contributed by atoms with Crippen LogP contribution in [0.3, 0.4) is 0 Å². The number of hydrogen-bond donors (Lipinski definition) is 0. The fraction of sp³-hybridized carbons (Fsp3) is 0. The minimum Gasteiger partial charge on any atom is -0.309 e. The SMILES string of the molecule is c1ccc(-c2ccccc2N(c2ccc(-c3ccc(-c4cccc5ccccc45)cc3)cc2)c2ccccc2-c2cccc3c2sc2ccccc23)cc1. The van der Waals surface area contributed by atoms with Gasteiger partial charge >= 0.3 is 0 Å². The van der Waals surface area contributed by atoms with Gasteiger partial charge in [-0.3, -0.25) is 0 Å². The van der Waals surface area contributed by atoms with Crippen molar-refractivity contribution in [3.05, 3.63) is 212 Å². The Morgan fingerprint density at radius 1 is 0.296 bits per heavy atom. The Hall–Kier alpha value is -6.74. The van der Waals surface area contributed by atoms with Gasteiger partial charge in [0.1, 0.15) is 0 Å². The predicted octanol–water partition coefficient (Wildman–Crippen LogP) is 15.3. The average Bonchev–Trinajstić information content (AvgIpc) is 3.64. The van der Waals surface area contributed by atoms with Crippen LogP contribution in [-0.4, -0.2) is 0 Å². The zero-order valence-corrected chi connectivity index (χ0v) is 30.4. The quantitative estimate of drug-likeness (QED) is 0.160. The highest BCUT2D eigenvalue weighted by molar-refractivity contribution is 7.26. The number of para-hydroxylation sites is 2. The van der Waals surface area contributed by atoms with Crippen LogP contribution >= 0.6 is 11.3 Å². The lowest BCUT2D eigenvalue weighted by atomic mass is 9.96. The second kappa shape index (κ2) is 13.7. The molecule has 0 unspecified atom stereocenters. The summed E-state index contributed by atoms with van der Waals surface area (Å²) in [5.41, 5.74) is 13.0. The summed E-state index contributed by atoms with van der Waals surface area (Å²) < 4.78 is 2.62. The molecule has 1 heterocycles. The fourth-order valence-electron chi connectivity index (χ4n) is 7.92. The van der Waals surface area contributed by atoms with Crippen molar-refractivity contribution in [2.24, 2.45) is 0 Å². The van der Waals surface area contributed by atoms with Crippen molar-refractivity contribution in [2.75, 3.05) is 4.90 Å². The van der Waals surface area contributed by atoms with Gasteiger partial charge in [0.05, 0.1) is 11.4 Å². The first-order chi connectivity index (χ1) is 26.8. The maximum Gasteiger partial charge on any atom is 0.0540 e. The Morgan fingerprint density at radius 3 is 1.59 bits per heavy atom. The Balaban J connectivity index is 1.10. The van der Waals surface area contributed by atoms with E-state index in [-0.39, 0.29) is 0 Å². The molecule has 1 nitrogen and oxygen atoms in total. The number of fused-ring (bicyclic) bond motifs is 4. The monoisotopic (exact) mass is 705 g/mol. The zero-order valence-electron chi connectivity index (χ0n) is 29.6. The molecule has 54 heavy (non-hydrogen) atoms. The second-order valence-electron chi connectivity index (χ2n) is 13.7. The van der Waals surface area contributed by atoms with E-state index in [2.05, 4.69) is 217 Å². The van der Waals surface area contributed by atoms with E-state index in [1.54, 1.807) is 0 Å². The summed E-state index contributed by atoms with van der Waals surface area (Å²) in [6, 6.07) is 77.0. The van der Waals surface area contributed by atoms with Gasteiger partial charge in [0.25, 0.3) is 0 Å². The van der Waals surface area contributed by atoms with E-state index in [0.717, 1.165) is 17.1 Å². The van der Waals surface area contributed by atoms with Crippen LogP contribution in [0, 0.1) is 0 Å². The minimum atomic E-state index is 1.10. The van der Waals surface area contributed by atoms with Crippen LogP contribution in [0.2, 0.25) is 0 Å². The minimum absolute atomic E-state index is 1.10. The summed E-state index contributed by atoms with van der Waals surface area (Å²) >= 11 is 1.88. The number of hydrogen-bond acceptors (Lipinski definition) is 2. The molecule has 0 spiro atoms. The van der Waals surface area contributed by atoms with Gasteiger partial charge in [-0.2, -0.15) is 0 Å². The molecule has 0 atom stereocenters. The second-order valence-corrected chi connectivity index (χ2v) is 14.7. The maximum atomic E-state index is 2.44. The molecule has 254 valence electrons. The molecule has 10 aromatic rings. The topological polar surface area (TPSA) is 3.24 Å². The van der Waals surface area contributed by atoms with Crippen LogP contribution in [0.5, 0.6) is 0 Å². The van der Waals surface area contributed by atoms with E-state index < -0.39 is 0 Å². The van der Waals surface area contributed by atoms with Crippen molar-refractivity contribution in [3.63, 3.8) is 0 Å². The molecule has 1 aromatic heterocycles. The molecule has 9 aromatic carbocycles. The molecule has 0 aliphatic carbocycles. The Bertz CT molecular complexity index is 2920. The lowest BCUT2D eigenvalue weighted by Gasteiger charge is -2.30. The smallest absolute Gasteiger partial charge is 0.0540 e. The molecular weight excluding hydrogens is 671 g/mol. The first kappa shape index (κ1) is 32.0. The molecular formula is C52H35NS. The van der Waals surface area contributed by atoms with Crippen LogP contribution < -0.4 is 4.90 Å². The summed E-state index contributed by atoms with van der Waals surface area (Å²) in [7, 11) is 0. The van der Waals surface area contributed by atoms with Crippen LogP contribution in [0.15, 0.2) is 212 Å². The molecule has 0 saturated heterocycles. The molecule has 0 saturated carbocycles. The molecule has 0 amide bonds. The molecule has 0 bridgehead atoms. The van der Waals surface area contributed by atoms with Crippen molar-refractivity contribution in [2.45, 2.75) is 0 Å². The normalized spacial score (nSPS) is 11.3. The van der Waals surface area contributed by atoms with E-state index >= 15 is 0 Å². The van der Waals surface area contributed by atoms with Crippen LogP contribution in [0.25, 0.3) is 75.5 Å². The summed E-state index contributed by atoms with van der Waals surface area (Å²) in [4.78, 5) is 2.44. The van der Waals surface area contributed by atoms with Gasteiger partial charge in [-0.05, 0) is 68.9 Å². The Labute approximate surface area is 319 Å². The number of benzene rings is 9. The molecule has 0 aliphatic rings. The predicted molar refractivity (Wildman–Crippen MR) is 233 cm³/mol. The summed E-state index contributed by atoms with van der Waals surface area (Å²) in [5.74, 6) is 0. The molecule has 0 fully saturated rings. The first-order valence-corrected chi connectivity index (χ1v) is 19.2. The maximum absolute atomic E-state index is 2.44. The third-order valence-corrected chi connectivity index (χ3v) is 11.7. The van der Waals surface area contributed by atoms with Crippen molar-refractivity contribution >= 4 is 59.3 Å². The van der Waals surface area contributed by atoms with Crippen molar-refractivity contribution in [1.29, 1.82) is 0 Å². The third-order valence-electron chi connectivity index (χ3n) is 10.5. The number of thiophene rings is 1. The van der Waals surface area contributed by atoms with Crippen molar-refractivity contribution in [1.82, 2.24) is 0 Å². The van der Waals surface area contributed by atoms with Crippen LogP contribution in [0.1, 0.15) is 0 Å². The van der Waals surface area contributed by atoms with Gasteiger partial charge in [0, 0.05) is 42.6 Å². The molecule has 0 N–H and O–H groups in total. The fourth-order valence-corrected chi connectivity index (χ4v) is 9.15. The van der Waals surface area contributed by atoms with Crippen molar-refractivity contribution < 1.29 is 0 Å². The third kappa shape index (κ3) is 5.65. The first-order valence-electron chi connectivity index (χ1n) is 18.4. The summed E-state index contributed by atoms with van der Waals surface area (Å²) in [6.45, 7) is 0. The summed E-state index contributed by atoms with van der Waals surface area (Å²) in [6.07, 6.45) is 0. The number of anilines is 3. The lowest BCUT2D eigenvalue weighted by molar-refractivity contribution is 1.28. The summed E-state index contributed by atoms with van der Waals surface area (Å²) in [5, 5.41) is 5.14. The molecule has 0 aliphatic heterocycles. The Kier molecular flexibility index (Phi) is 8.09. The number of rotatable bonds is 7. The van der Waals surface area contributed by atoms with Gasteiger partial charge in [-0.1, -0.05) is 182 Å². The van der Waals surface area contributed by atoms with E-state index in [0.29, 0.717) is 0 Å². The number of nitrogens with zero attached hydrogens (tertiary/aromatic N) is 1. The van der Waals surface area contributed by atoms with Crippen LogP contribution in [0.4, 0.5) is 17.1 Å². The largest absolute Gasteiger partial charge is 0.309 e. The van der Waals surface area contributed by atoms with Crippen LogP contribution in [-0.2, 0) is 0 Å². The molecule has 10 rings (SSSR count). The van der Waals surface area contributed by atoms with Gasteiger partial charge in [-0.25, -0.2) is 0 Å². The average molecular weight is 706 g/mol. The standard InChI is InChI=1S/C52H35NS/c1-2-14-39(15-3-1)44-19-6-9-25-49(44)53(50-26-10-7-20-45(50)47-23-13-24-48-46-21-8-11-27-51(46)54-52(47)48)41-34-32-37(33-35-41)36-28-30-40(31-29-36)43-22-12-17-38-16-4-5-18-42(38)43/h1-35H.